The van der Waals surface area contributed by atoms with E-state index in [4.69, 9.17) is 4.74 Å². The Morgan fingerprint density at radius 2 is 2.30 bits per heavy atom. The van der Waals surface area contributed by atoms with Gasteiger partial charge in [-0.1, -0.05) is 0 Å². The molecule has 0 spiro atoms. The Hall–Kier alpha value is -1.25. The average molecular weight is 140 g/mol. The minimum absolute atomic E-state index is 0.365. The average Bonchev–Trinajstić information content (AvgIpc) is 2.61. The molecule has 3 heteroatoms. The normalized spacial score (nSPS) is 15.4. The molecule has 1 rings (SSSR count). The molecule has 0 aromatic rings. The lowest BCUT2D eigenvalue weighted by Crippen LogP contribution is -1.92. The summed E-state index contributed by atoms with van der Waals surface area (Å²) >= 11 is 0. The van der Waals surface area contributed by atoms with Crippen LogP contribution in [-0.2, 0) is 14.3 Å². The molecule has 54 valence electrons. The summed E-state index contributed by atoms with van der Waals surface area (Å²) in [5.41, 5.74) is 0. The minimum atomic E-state index is -0.365. The first-order valence-electron chi connectivity index (χ1n) is 2.89. The van der Waals surface area contributed by atoms with E-state index < -0.39 is 0 Å². The highest BCUT2D eigenvalue weighted by Crippen LogP contribution is 2.25. The SMILES string of the molecule is COC(=O)/C=C/C1=C(C)O1. The molecule has 1 aliphatic rings. The van der Waals surface area contributed by atoms with Crippen LogP contribution in [0.3, 0.4) is 0 Å². The van der Waals surface area contributed by atoms with Gasteiger partial charge in [0, 0.05) is 6.08 Å². The number of carbonyl (C=O) groups excluding carboxylic acids is 1. The maximum absolute atomic E-state index is 10.5. The highest BCUT2D eigenvalue weighted by atomic mass is 16.6. The highest BCUT2D eigenvalue weighted by molar-refractivity contribution is 5.82. The van der Waals surface area contributed by atoms with Gasteiger partial charge in [0.25, 0.3) is 0 Å². The Kier molecular flexibility index (Phi) is 1.76. The van der Waals surface area contributed by atoms with Crippen molar-refractivity contribution in [3.8, 4) is 0 Å². The van der Waals surface area contributed by atoms with E-state index in [1.807, 2.05) is 6.92 Å². The van der Waals surface area contributed by atoms with E-state index in [0.29, 0.717) is 0 Å². The topological polar surface area (TPSA) is 38.8 Å². The second-order valence-corrected chi connectivity index (χ2v) is 1.88. The van der Waals surface area contributed by atoms with Crippen LogP contribution >= 0.6 is 0 Å². The number of hydrogen-bond acceptors (Lipinski definition) is 3. The van der Waals surface area contributed by atoms with Gasteiger partial charge in [-0.25, -0.2) is 4.79 Å². The van der Waals surface area contributed by atoms with Crippen molar-refractivity contribution in [2.75, 3.05) is 7.11 Å². The van der Waals surface area contributed by atoms with Gasteiger partial charge in [0.1, 0.15) is 5.76 Å². The number of rotatable bonds is 2. The predicted molar refractivity (Wildman–Crippen MR) is 34.9 cm³/mol. The van der Waals surface area contributed by atoms with Crippen LogP contribution in [0.4, 0.5) is 0 Å². The monoisotopic (exact) mass is 140 g/mol. The third-order valence-electron chi connectivity index (χ3n) is 1.14. The predicted octanol–water partition coefficient (Wildman–Crippen LogP) is 0.977. The number of ether oxygens (including phenoxy) is 2. The standard InChI is InChI=1S/C7H8O3/c1-5-6(10-5)3-4-7(8)9-2/h3-4H,1-2H3/b4-3+. The van der Waals surface area contributed by atoms with Gasteiger partial charge in [0.05, 0.1) is 7.11 Å². The molecule has 1 heterocycles. The zero-order valence-electron chi connectivity index (χ0n) is 5.88. The zero-order valence-corrected chi connectivity index (χ0v) is 5.88. The highest BCUT2D eigenvalue weighted by Gasteiger charge is 2.15. The van der Waals surface area contributed by atoms with Gasteiger partial charge in [-0.3, -0.25) is 0 Å². The number of esters is 1. The molecule has 0 amide bonds. The van der Waals surface area contributed by atoms with Crippen LogP contribution in [0.25, 0.3) is 0 Å². The third-order valence-corrected chi connectivity index (χ3v) is 1.14. The van der Waals surface area contributed by atoms with Gasteiger partial charge in [0.2, 0.25) is 0 Å². The maximum atomic E-state index is 10.5. The van der Waals surface area contributed by atoms with Crippen molar-refractivity contribution in [3.63, 3.8) is 0 Å². The lowest BCUT2D eigenvalue weighted by Gasteiger charge is -1.85. The van der Waals surface area contributed by atoms with Crippen LogP contribution in [0.15, 0.2) is 23.7 Å². The Morgan fingerprint density at radius 3 is 2.70 bits per heavy atom. The van der Waals surface area contributed by atoms with Crippen molar-refractivity contribution in [2.45, 2.75) is 6.92 Å². The summed E-state index contributed by atoms with van der Waals surface area (Å²) in [6.07, 6.45) is 2.91. The molecule has 10 heavy (non-hydrogen) atoms. The Labute approximate surface area is 58.9 Å². The molecule has 0 unspecified atom stereocenters. The van der Waals surface area contributed by atoms with Gasteiger partial charge in [-0.05, 0) is 13.0 Å². The van der Waals surface area contributed by atoms with Gasteiger partial charge in [-0.2, -0.15) is 0 Å². The molecule has 0 saturated heterocycles. The van der Waals surface area contributed by atoms with Crippen molar-refractivity contribution >= 4 is 5.97 Å². The zero-order chi connectivity index (χ0) is 7.56. The van der Waals surface area contributed by atoms with E-state index in [0.717, 1.165) is 11.5 Å². The van der Waals surface area contributed by atoms with Crippen molar-refractivity contribution in [3.05, 3.63) is 23.7 Å². The van der Waals surface area contributed by atoms with Crippen LogP contribution in [0.2, 0.25) is 0 Å². The van der Waals surface area contributed by atoms with Crippen LogP contribution in [-0.4, -0.2) is 13.1 Å². The first-order chi connectivity index (χ1) is 4.74. The fraction of sp³-hybridized carbons (Fsp3) is 0.286. The first-order valence-corrected chi connectivity index (χ1v) is 2.89. The van der Waals surface area contributed by atoms with E-state index in [-0.39, 0.29) is 5.97 Å². The fourth-order valence-corrected chi connectivity index (χ4v) is 0.503. The lowest BCUT2D eigenvalue weighted by molar-refractivity contribution is -0.134. The van der Waals surface area contributed by atoms with Crippen molar-refractivity contribution < 1.29 is 14.3 Å². The number of methoxy groups -OCH3 is 1. The van der Waals surface area contributed by atoms with E-state index in [2.05, 4.69) is 4.74 Å². The molecule has 0 radical (unpaired) electrons. The van der Waals surface area contributed by atoms with Gasteiger partial charge >= 0.3 is 5.97 Å². The van der Waals surface area contributed by atoms with Gasteiger partial charge in [0.15, 0.2) is 5.76 Å². The van der Waals surface area contributed by atoms with Crippen LogP contribution in [0.5, 0.6) is 0 Å². The Bertz CT molecular complexity index is 213. The Balaban J connectivity index is 2.38. The van der Waals surface area contributed by atoms with Crippen molar-refractivity contribution in [1.29, 1.82) is 0 Å². The number of carbonyl (C=O) groups is 1. The molecule has 1 aliphatic heterocycles. The number of allylic oxidation sites excluding steroid dienone is 2. The fourth-order valence-electron chi connectivity index (χ4n) is 0.503. The Morgan fingerprint density at radius 1 is 1.70 bits per heavy atom. The lowest BCUT2D eigenvalue weighted by atomic mass is 10.4. The molecule has 0 fully saturated rings. The van der Waals surface area contributed by atoms with Crippen molar-refractivity contribution in [2.24, 2.45) is 0 Å². The molecule has 0 N–H and O–H groups in total. The van der Waals surface area contributed by atoms with Gasteiger partial charge < -0.3 is 9.47 Å². The second kappa shape index (κ2) is 2.56. The molecule has 0 aliphatic carbocycles. The summed E-state index contributed by atoms with van der Waals surface area (Å²) in [6.45, 7) is 1.83. The molecular weight excluding hydrogens is 132 g/mol. The van der Waals surface area contributed by atoms with E-state index in [9.17, 15) is 4.79 Å². The van der Waals surface area contributed by atoms with Crippen LogP contribution in [0, 0.1) is 0 Å². The van der Waals surface area contributed by atoms with E-state index >= 15 is 0 Å². The molecule has 0 saturated carbocycles. The molecule has 0 aromatic heterocycles. The number of hydrogen-bond donors (Lipinski definition) is 0. The molecular formula is C7H8O3. The molecule has 3 nitrogen and oxygen atoms in total. The smallest absolute Gasteiger partial charge is 0.330 e. The van der Waals surface area contributed by atoms with Crippen molar-refractivity contribution in [1.82, 2.24) is 0 Å². The van der Waals surface area contributed by atoms with E-state index in [1.54, 1.807) is 6.08 Å². The third kappa shape index (κ3) is 1.62. The van der Waals surface area contributed by atoms with Gasteiger partial charge in [-0.15, -0.1) is 0 Å². The summed E-state index contributed by atoms with van der Waals surface area (Å²) in [5, 5.41) is 0. The van der Waals surface area contributed by atoms with Crippen LogP contribution < -0.4 is 0 Å². The summed E-state index contributed by atoms with van der Waals surface area (Å²) in [5.74, 6) is 1.25. The summed E-state index contributed by atoms with van der Waals surface area (Å²) in [7, 11) is 1.33. The molecule has 0 atom stereocenters. The first kappa shape index (κ1) is 6.86. The van der Waals surface area contributed by atoms with E-state index in [1.165, 1.54) is 13.2 Å². The summed E-state index contributed by atoms with van der Waals surface area (Å²) in [6, 6.07) is 0. The minimum Gasteiger partial charge on any atom is -0.466 e. The van der Waals surface area contributed by atoms with Crippen LogP contribution in [0.1, 0.15) is 6.92 Å². The molecule has 0 bridgehead atoms. The maximum Gasteiger partial charge on any atom is 0.330 e. The quantitative estimate of drug-likeness (QED) is 0.424. The largest absolute Gasteiger partial charge is 0.466 e. The second-order valence-electron chi connectivity index (χ2n) is 1.88. The summed E-state index contributed by atoms with van der Waals surface area (Å²) in [4.78, 5) is 10.5. The molecule has 0 aromatic carbocycles. The summed E-state index contributed by atoms with van der Waals surface area (Å²) < 4.78 is 9.21.